The Kier molecular flexibility index (Phi) is 41.7. The van der Waals surface area contributed by atoms with Crippen molar-refractivity contribution in [1.82, 2.24) is 43.5 Å². The number of amides is 1. The number of anilines is 1. The summed E-state index contributed by atoms with van der Waals surface area (Å²) in [5.74, 6) is 1.05. The molecule has 8 fully saturated rings. The van der Waals surface area contributed by atoms with Gasteiger partial charge in [-0.15, -0.1) is 0 Å². The number of nitrogens with zero attached hydrogens (tertiary/aromatic N) is 10. The molecule has 15 nitrogen and oxygen atoms in total. The van der Waals surface area contributed by atoms with E-state index in [1.807, 2.05) is 83.8 Å². The van der Waals surface area contributed by atoms with Gasteiger partial charge < -0.3 is 29.4 Å². The minimum absolute atomic E-state index is 0.000932. The number of carbonyl (C=O) groups is 1. The van der Waals surface area contributed by atoms with Crippen molar-refractivity contribution in [3.8, 4) is 0 Å². The van der Waals surface area contributed by atoms with Gasteiger partial charge in [-0.1, -0.05) is 231 Å². The fourth-order valence-corrected chi connectivity index (χ4v) is 21.7. The molecule has 5 unspecified atom stereocenters. The lowest BCUT2D eigenvalue weighted by atomic mass is 9.78. The molecule has 6 aromatic rings. The van der Waals surface area contributed by atoms with E-state index < -0.39 is 10.0 Å². The molecular weight excluding hydrogens is 1760 g/mol. The lowest BCUT2D eigenvalue weighted by Crippen LogP contribution is -2.52. The summed E-state index contributed by atoms with van der Waals surface area (Å²) in [7, 11) is -3.12. The zero-order valence-corrected chi connectivity index (χ0v) is 89.7. The number of morpholine rings is 1. The second kappa shape index (κ2) is 51.3. The SMILES string of the molecule is C=C(C1CC1)N1CCN(C(C=C(C)C)CC(C)(C)c2ccc(Cl)cc2)CC1.C=C(C1CC1)N1CCN(C(C=C(C)C)CC(C)(C)c2ccc(F)cc2)CC1.CC(C)=CC(CC(C)(C)c1ccc(F)cc1)N1CCN(C(=O)c2ccccc2)CC1.CC(C)=CC(CC(C)(C)c1ccc(F)cc1)N1CCN(S(C)(=O)=O)CC1.CC(C)=CC(CC(C)(C)c1ccc(N2CCOCC2)cc1)N1CCC(O)CC1. The summed E-state index contributed by atoms with van der Waals surface area (Å²) in [6, 6.07) is 49.5. The van der Waals surface area contributed by atoms with Gasteiger partial charge in [-0.05, 0) is 279 Å². The minimum Gasteiger partial charge on any atom is -0.393 e. The normalized spacial score (nSPS) is 18.9. The second-order valence-corrected chi connectivity index (χ2v) is 47.3. The molecule has 5 atom stereocenters. The highest BCUT2D eigenvalue weighted by atomic mass is 35.5. The van der Waals surface area contributed by atoms with Crippen LogP contribution in [0.15, 0.2) is 234 Å². The summed E-state index contributed by atoms with van der Waals surface area (Å²) >= 11 is 6.09. The molecule has 6 heterocycles. The van der Waals surface area contributed by atoms with Gasteiger partial charge in [0.25, 0.3) is 5.91 Å². The molecule has 1 N–H and O–H groups in total. The maximum Gasteiger partial charge on any atom is 0.253 e. The van der Waals surface area contributed by atoms with Gasteiger partial charge in [0.05, 0.1) is 25.6 Å². The molecule has 6 aliphatic heterocycles. The second-order valence-electron chi connectivity index (χ2n) is 44.9. The highest BCUT2D eigenvalue weighted by Gasteiger charge is 2.39. The average molecular weight is 1940 g/mol. The van der Waals surface area contributed by atoms with Crippen molar-refractivity contribution in [3.63, 3.8) is 0 Å². The van der Waals surface area contributed by atoms with Crippen molar-refractivity contribution in [3.05, 3.63) is 290 Å². The molecule has 14 rings (SSSR count). The van der Waals surface area contributed by atoms with E-state index in [4.69, 9.17) is 16.3 Å². The number of hydrogen-bond acceptors (Lipinski definition) is 13. The van der Waals surface area contributed by atoms with Crippen LogP contribution in [0.25, 0.3) is 0 Å². The van der Waals surface area contributed by atoms with Gasteiger partial charge in [-0.2, -0.15) is 4.31 Å². The first-order chi connectivity index (χ1) is 65.1. The minimum atomic E-state index is -3.12. The Labute approximate surface area is 837 Å². The fourth-order valence-electron chi connectivity index (χ4n) is 20.8. The van der Waals surface area contributed by atoms with Crippen LogP contribution in [0.2, 0.25) is 5.02 Å². The maximum atomic E-state index is 13.4. The number of carbonyl (C=O) groups excluding carboxylic acids is 1. The molecule has 6 aromatic carbocycles. The van der Waals surface area contributed by atoms with E-state index in [1.165, 1.54) is 106 Å². The number of piperidine rings is 1. The first kappa shape index (κ1) is 112. The third kappa shape index (κ3) is 35.0. The Morgan fingerprint density at radius 2 is 0.638 bits per heavy atom. The summed E-state index contributed by atoms with van der Waals surface area (Å²) in [5.41, 5.74) is 17.7. The van der Waals surface area contributed by atoms with Crippen molar-refractivity contribution in [2.24, 2.45) is 11.8 Å². The number of ether oxygens (including phenoxy) is 1. The summed E-state index contributed by atoms with van der Waals surface area (Å²) in [6.45, 7) is 73.2. The predicted octanol–water partition coefficient (Wildman–Crippen LogP) is 23.9. The lowest BCUT2D eigenvalue weighted by Gasteiger charge is -2.42. The highest BCUT2D eigenvalue weighted by Crippen LogP contribution is 2.42. The molecule has 0 bridgehead atoms. The zero-order valence-electron chi connectivity index (χ0n) is 88.2. The van der Waals surface area contributed by atoms with Crippen LogP contribution >= 0.6 is 11.6 Å². The van der Waals surface area contributed by atoms with Gasteiger partial charge >= 0.3 is 0 Å². The smallest absolute Gasteiger partial charge is 0.253 e. The summed E-state index contributed by atoms with van der Waals surface area (Å²) in [4.78, 5) is 34.8. The molecule has 0 radical (unpaired) electrons. The Hall–Kier alpha value is -7.92. The number of sulfonamides is 1. The van der Waals surface area contributed by atoms with Crippen LogP contribution in [0.5, 0.6) is 0 Å². The molecule has 138 heavy (non-hydrogen) atoms. The number of likely N-dealkylation sites (tertiary alicyclic amines) is 1. The topological polar surface area (TPSA) is 113 Å². The predicted molar refractivity (Wildman–Crippen MR) is 573 cm³/mol. The Morgan fingerprint density at radius 3 is 0.913 bits per heavy atom. The molecule has 8 aliphatic rings. The molecule has 758 valence electrons. The molecule has 2 saturated carbocycles. The maximum absolute atomic E-state index is 13.4. The average Bonchev–Trinajstić information content (AvgIpc) is 1.50. The van der Waals surface area contributed by atoms with E-state index in [1.54, 1.807) is 28.6 Å². The van der Waals surface area contributed by atoms with Gasteiger partial charge in [-0.25, -0.2) is 21.6 Å². The van der Waals surface area contributed by atoms with Crippen molar-refractivity contribution in [2.75, 3.05) is 155 Å². The monoisotopic (exact) mass is 1930 g/mol. The fraction of sp³-hybridized carbons (Fsp3) is 0.568. The molecule has 2 aliphatic carbocycles. The van der Waals surface area contributed by atoms with E-state index in [0.29, 0.717) is 31.2 Å². The van der Waals surface area contributed by atoms with Crippen LogP contribution in [0, 0.1) is 29.3 Å². The third-order valence-corrected chi connectivity index (χ3v) is 31.1. The van der Waals surface area contributed by atoms with Crippen molar-refractivity contribution < 1.29 is 36.2 Å². The molecule has 0 spiro atoms. The number of aliphatic hydroxyl groups excluding tert-OH is 1. The highest BCUT2D eigenvalue weighted by molar-refractivity contribution is 7.88. The Morgan fingerprint density at radius 1 is 0.377 bits per heavy atom. The van der Waals surface area contributed by atoms with E-state index in [9.17, 15) is 31.5 Å². The van der Waals surface area contributed by atoms with E-state index in [2.05, 4.69) is 258 Å². The summed E-state index contributed by atoms with van der Waals surface area (Å²) < 4.78 is 70.5. The van der Waals surface area contributed by atoms with Crippen LogP contribution in [0.1, 0.15) is 247 Å². The molecule has 6 saturated heterocycles. The van der Waals surface area contributed by atoms with Gasteiger partial charge in [0.1, 0.15) is 17.5 Å². The summed E-state index contributed by atoms with van der Waals surface area (Å²) in [5, 5.41) is 10.7. The standard InChI is InChI=1S/C26H33FN2O.C24H35ClN2.C24H35FN2.C24H38N2O2.C20H31FN2O2S/c1-20(2)18-24(19-26(3,4)22-10-12-23(27)13-11-22)28-14-16-29(17-15-28)25(30)21-8-6-5-7-9-21;2*1-18(2)16-23(17-24(4,5)21-8-10-22(25)11-9-21)27-14-12-26(13-15-27)19(3)20-6-7-20;1-19(2)17-22(25-11-9-23(27)10-12-25)18-24(3,4)20-5-7-21(8-6-20)26-13-15-28-16-14-26;1-16(2)14-19(22-10-12-23(13-11-22)26(5,24)25)15-20(3,4)17-6-8-18(21)9-7-17/h5-13,18,24H,14-17,19H2,1-4H3;2*8-11,16,20,23H,3,6-7,12-15,17H2,1-2,4-5H3;5-8,17,22-23,27H,9-16,18H2,1-4H3;6-9,14,19H,10-13,15H2,1-5H3. The number of halogens is 4. The van der Waals surface area contributed by atoms with Gasteiger partial charge in [0.2, 0.25) is 10.0 Å². The first-order valence-corrected chi connectivity index (χ1v) is 53.6. The van der Waals surface area contributed by atoms with E-state index in [0.717, 1.165) is 210 Å². The Bertz CT molecular complexity index is 4940. The molecule has 20 heteroatoms. The number of benzene rings is 6. The van der Waals surface area contributed by atoms with Crippen LogP contribution in [0.4, 0.5) is 18.9 Å². The van der Waals surface area contributed by atoms with Crippen LogP contribution < -0.4 is 4.90 Å². The largest absolute Gasteiger partial charge is 0.393 e. The molecule has 1 amide bonds. The third-order valence-electron chi connectivity index (χ3n) is 29.5. The van der Waals surface area contributed by atoms with Crippen molar-refractivity contribution >= 4 is 33.2 Å². The number of aliphatic hydroxyl groups is 1. The van der Waals surface area contributed by atoms with Crippen molar-refractivity contribution in [1.29, 1.82) is 0 Å². The number of allylic oxidation sites excluding steroid dienone is 7. The van der Waals surface area contributed by atoms with Gasteiger partial charge in [0, 0.05) is 189 Å². The van der Waals surface area contributed by atoms with Crippen LogP contribution in [0.3, 0.4) is 0 Å². The van der Waals surface area contributed by atoms with Crippen molar-refractivity contribution in [2.45, 2.75) is 272 Å². The lowest BCUT2D eigenvalue weighted by molar-refractivity contribution is 0.0581. The molecule has 0 aromatic heterocycles. The first-order valence-electron chi connectivity index (χ1n) is 51.4. The van der Waals surface area contributed by atoms with Crippen LogP contribution in [-0.2, 0) is 41.8 Å². The number of piperazine rings is 4. The van der Waals surface area contributed by atoms with E-state index in [-0.39, 0.29) is 68.6 Å². The quantitative estimate of drug-likeness (QED) is 0.0405. The number of rotatable bonds is 32. The summed E-state index contributed by atoms with van der Waals surface area (Å²) in [6.07, 6.45) is 25.2. The van der Waals surface area contributed by atoms with Gasteiger partial charge in [-0.3, -0.25) is 29.3 Å². The number of hydrogen-bond donors (Lipinski definition) is 1. The Balaban J connectivity index is 0.000000178. The zero-order chi connectivity index (χ0) is 101. The van der Waals surface area contributed by atoms with Gasteiger partial charge in [0.15, 0.2) is 0 Å². The van der Waals surface area contributed by atoms with Crippen LogP contribution in [-0.4, -0.2) is 250 Å². The van der Waals surface area contributed by atoms with E-state index >= 15 is 0 Å². The molecular formula is C118H172ClF3N10O5S.